The molecule has 16 heavy (non-hydrogen) atoms. The molecule has 0 radical (unpaired) electrons. The molecule has 6 N–H and O–H groups in total. The second-order valence-corrected chi connectivity index (χ2v) is 4.81. The maximum Gasteiger partial charge on any atom is 0.0732 e. The third kappa shape index (κ3) is 8.19. The number of oxime groups is 2. The van der Waals surface area contributed by atoms with E-state index in [1.807, 2.05) is 0 Å². The van der Waals surface area contributed by atoms with Crippen molar-refractivity contribution in [2.24, 2.45) is 21.8 Å². The molecule has 6 heteroatoms. The van der Waals surface area contributed by atoms with E-state index in [1.54, 1.807) is 41.5 Å². The third-order valence-corrected chi connectivity index (χ3v) is 2.16. The Kier molecular flexibility index (Phi) is 6.95. The Morgan fingerprint density at radius 1 is 0.875 bits per heavy atom. The highest BCUT2D eigenvalue weighted by atomic mass is 16.4. The lowest BCUT2D eigenvalue weighted by atomic mass is 10.0. The van der Waals surface area contributed by atoms with Crippen LogP contribution in [0.5, 0.6) is 0 Å². The minimum atomic E-state index is -0.491. The predicted octanol–water partition coefficient (Wildman–Crippen LogP) is 1.64. The van der Waals surface area contributed by atoms with E-state index < -0.39 is 11.1 Å². The van der Waals surface area contributed by atoms with Crippen molar-refractivity contribution < 1.29 is 13.3 Å². The molecule has 0 aromatic rings. The molecule has 100 valence electrons. The molecule has 0 heterocycles. The Morgan fingerprint density at radius 2 is 1.06 bits per heavy atom. The molecule has 0 spiro atoms. The van der Waals surface area contributed by atoms with E-state index in [0.29, 0.717) is 11.4 Å². The summed E-state index contributed by atoms with van der Waals surface area (Å²) in [5.41, 5.74) is 11.1. The molecular weight excluding hydrogens is 208 g/mol. The summed E-state index contributed by atoms with van der Waals surface area (Å²) >= 11 is 0. The van der Waals surface area contributed by atoms with Gasteiger partial charge in [-0.05, 0) is 41.5 Å². The first kappa shape index (κ1) is 17.3. The van der Waals surface area contributed by atoms with Gasteiger partial charge in [0.15, 0.2) is 0 Å². The zero-order chi connectivity index (χ0) is 13.6. The van der Waals surface area contributed by atoms with E-state index in [0.717, 1.165) is 0 Å². The molecule has 0 aliphatic rings. The quantitative estimate of drug-likeness (QED) is 0.331. The van der Waals surface area contributed by atoms with E-state index in [-0.39, 0.29) is 2.85 Å². The van der Waals surface area contributed by atoms with E-state index in [2.05, 4.69) is 10.3 Å². The van der Waals surface area contributed by atoms with Crippen LogP contribution >= 0.6 is 0 Å². The first-order valence-corrected chi connectivity index (χ1v) is 4.92. The Morgan fingerprint density at radius 3 is 1.06 bits per heavy atom. The fourth-order valence-electron chi connectivity index (χ4n) is 0.258. The molecular formula is C10H28N4O2. The fraction of sp³-hybridized carbons (Fsp3) is 0.800. The number of nitrogens with two attached hydrogens (primary N) is 2. The lowest BCUT2D eigenvalue weighted by Gasteiger charge is -2.15. The van der Waals surface area contributed by atoms with Gasteiger partial charge in [-0.15, -0.1) is 0 Å². The van der Waals surface area contributed by atoms with Crippen molar-refractivity contribution in [2.45, 2.75) is 52.6 Å². The Hall–Kier alpha value is -1.14. The summed E-state index contributed by atoms with van der Waals surface area (Å²) in [6.07, 6.45) is 0. The van der Waals surface area contributed by atoms with E-state index in [9.17, 15) is 0 Å². The van der Waals surface area contributed by atoms with E-state index in [1.165, 1.54) is 0 Å². The molecule has 0 aromatic heterocycles. The average molecular weight is 236 g/mol. The van der Waals surface area contributed by atoms with Crippen LogP contribution in [-0.4, -0.2) is 32.9 Å². The SMILES string of the molecule is C/C(=N\O)C(C)(C)N.C/C(=N\O)C(C)(C)N.[HH].[HH]. The predicted molar refractivity (Wildman–Crippen MR) is 70.6 cm³/mol. The minimum Gasteiger partial charge on any atom is -0.411 e. The van der Waals surface area contributed by atoms with Crippen molar-refractivity contribution in [3.8, 4) is 0 Å². The second-order valence-electron chi connectivity index (χ2n) is 4.81. The van der Waals surface area contributed by atoms with Crippen LogP contribution < -0.4 is 11.5 Å². The molecule has 0 aromatic carbocycles. The van der Waals surface area contributed by atoms with Crippen LogP contribution in [0.1, 0.15) is 44.4 Å². The summed E-state index contributed by atoms with van der Waals surface area (Å²) in [5.74, 6) is 0. The van der Waals surface area contributed by atoms with Crippen LogP contribution in [0.2, 0.25) is 0 Å². The summed E-state index contributed by atoms with van der Waals surface area (Å²) < 4.78 is 0. The van der Waals surface area contributed by atoms with Gasteiger partial charge in [0.1, 0.15) is 0 Å². The van der Waals surface area contributed by atoms with Crippen molar-refractivity contribution in [3.05, 3.63) is 0 Å². The van der Waals surface area contributed by atoms with Crippen LogP contribution in [0.15, 0.2) is 10.3 Å². The molecule has 0 aliphatic heterocycles. The van der Waals surface area contributed by atoms with Crippen LogP contribution in [0.25, 0.3) is 0 Å². The highest BCUT2D eigenvalue weighted by Gasteiger charge is 2.14. The maximum atomic E-state index is 8.18. The maximum absolute atomic E-state index is 8.18. The number of rotatable bonds is 2. The van der Waals surface area contributed by atoms with Gasteiger partial charge in [-0.25, -0.2) is 0 Å². The van der Waals surface area contributed by atoms with Gasteiger partial charge in [-0.2, -0.15) is 0 Å². The Balaban J connectivity index is -0.0000000980. The first-order valence-electron chi connectivity index (χ1n) is 4.92. The van der Waals surface area contributed by atoms with Crippen LogP contribution in [0.3, 0.4) is 0 Å². The highest BCUT2D eigenvalue weighted by molar-refractivity contribution is 5.90. The molecule has 0 fully saturated rings. The summed E-state index contributed by atoms with van der Waals surface area (Å²) in [4.78, 5) is 0. The lowest BCUT2D eigenvalue weighted by Crippen LogP contribution is -2.39. The second kappa shape index (κ2) is 6.44. The minimum absolute atomic E-state index is 0. The average Bonchev–Trinajstić information content (AvgIpc) is 2.13. The van der Waals surface area contributed by atoms with Gasteiger partial charge >= 0.3 is 0 Å². The fourth-order valence-corrected chi connectivity index (χ4v) is 0.258. The van der Waals surface area contributed by atoms with E-state index >= 15 is 0 Å². The third-order valence-electron chi connectivity index (χ3n) is 2.16. The molecule has 0 rings (SSSR count). The normalized spacial score (nSPS) is 14.2. The zero-order valence-electron chi connectivity index (χ0n) is 10.9. The smallest absolute Gasteiger partial charge is 0.0732 e. The van der Waals surface area contributed by atoms with Crippen molar-refractivity contribution in [1.29, 1.82) is 0 Å². The molecule has 6 nitrogen and oxygen atoms in total. The number of hydrogen-bond acceptors (Lipinski definition) is 6. The highest BCUT2D eigenvalue weighted by Crippen LogP contribution is 1.98. The van der Waals surface area contributed by atoms with Gasteiger partial charge < -0.3 is 21.9 Å². The zero-order valence-corrected chi connectivity index (χ0v) is 10.9. The monoisotopic (exact) mass is 236 g/mol. The summed E-state index contributed by atoms with van der Waals surface area (Å²) in [6, 6.07) is 0. The number of nitrogens with zero attached hydrogens (tertiary/aromatic N) is 2. The summed E-state index contributed by atoms with van der Waals surface area (Å²) in [5, 5.41) is 22.3. The molecule has 0 atom stereocenters. The largest absolute Gasteiger partial charge is 0.411 e. The van der Waals surface area contributed by atoms with Crippen molar-refractivity contribution >= 4 is 11.4 Å². The lowest BCUT2D eigenvalue weighted by molar-refractivity contribution is 0.313. The molecule has 0 amide bonds. The van der Waals surface area contributed by atoms with Crippen LogP contribution in [-0.2, 0) is 0 Å². The van der Waals surface area contributed by atoms with Gasteiger partial charge in [0.25, 0.3) is 0 Å². The standard InChI is InChI=1S/2C5H12N2O.2H2/c2*1-4(7-8)5(2,3)6;;/h2*8H,6H2,1-3H3;2*1H/b2*7-4+;;. The molecule has 0 saturated carbocycles. The van der Waals surface area contributed by atoms with Crippen LogP contribution in [0, 0.1) is 0 Å². The van der Waals surface area contributed by atoms with Gasteiger partial charge in [-0.1, -0.05) is 10.3 Å². The number of hydrogen-bond donors (Lipinski definition) is 4. The van der Waals surface area contributed by atoms with Crippen LogP contribution in [0.4, 0.5) is 0 Å². The summed E-state index contributed by atoms with van der Waals surface area (Å²) in [7, 11) is 0. The topological polar surface area (TPSA) is 117 Å². The van der Waals surface area contributed by atoms with Gasteiger partial charge in [0, 0.05) is 2.85 Å². The van der Waals surface area contributed by atoms with Gasteiger partial charge in [-0.3, -0.25) is 0 Å². The van der Waals surface area contributed by atoms with E-state index in [4.69, 9.17) is 21.9 Å². The van der Waals surface area contributed by atoms with Gasteiger partial charge in [0.05, 0.1) is 22.5 Å². The molecule has 0 bridgehead atoms. The van der Waals surface area contributed by atoms with Crippen molar-refractivity contribution in [3.63, 3.8) is 0 Å². The molecule has 0 saturated heterocycles. The Labute approximate surface area is 100.0 Å². The van der Waals surface area contributed by atoms with Crippen molar-refractivity contribution in [1.82, 2.24) is 0 Å². The summed E-state index contributed by atoms with van der Waals surface area (Å²) in [6.45, 7) is 10.5. The Bertz CT molecular complexity index is 240. The van der Waals surface area contributed by atoms with Gasteiger partial charge in [0.2, 0.25) is 0 Å². The van der Waals surface area contributed by atoms with Crippen molar-refractivity contribution in [2.75, 3.05) is 0 Å². The molecule has 0 aliphatic carbocycles. The first-order chi connectivity index (χ1) is 6.96. The molecule has 0 unspecified atom stereocenters.